The van der Waals surface area contributed by atoms with E-state index in [4.69, 9.17) is 4.74 Å². The first kappa shape index (κ1) is 12.5. The number of morpholine rings is 1. The maximum absolute atomic E-state index is 11.9. The van der Waals surface area contributed by atoms with E-state index in [1.54, 1.807) is 12.3 Å². The van der Waals surface area contributed by atoms with E-state index < -0.39 is 0 Å². The Morgan fingerprint density at radius 3 is 2.80 bits per heavy atom. The van der Waals surface area contributed by atoms with Gasteiger partial charge < -0.3 is 15.0 Å². The summed E-state index contributed by atoms with van der Waals surface area (Å²) >= 11 is 0. The minimum Gasteiger partial charge on any atom is -0.378 e. The predicted molar refractivity (Wildman–Crippen MR) is 71.6 cm³/mol. The fourth-order valence-electron chi connectivity index (χ4n) is 1.95. The molecule has 1 fully saturated rings. The number of ether oxygens (including phenoxy) is 1. The molecule has 0 aromatic carbocycles. The summed E-state index contributed by atoms with van der Waals surface area (Å²) in [6.45, 7) is 3.04. The maximum Gasteiger partial charge on any atom is 0.258 e. The van der Waals surface area contributed by atoms with Crippen LogP contribution in [0.2, 0.25) is 0 Å². The zero-order chi connectivity index (χ0) is 13.8. The Bertz CT molecular complexity index is 562. The second-order valence-corrected chi connectivity index (χ2v) is 4.31. The quantitative estimate of drug-likeness (QED) is 0.835. The lowest BCUT2D eigenvalue weighted by Crippen LogP contribution is -2.36. The van der Waals surface area contributed by atoms with E-state index in [0.717, 1.165) is 18.9 Å². The molecule has 0 atom stereocenters. The Labute approximate surface area is 115 Å². The van der Waals surface area contributed by atoms with Crippen LogP contribution < -0.4 is 10.2 Å². The Morgan fingerprint density at radius 2 is 2.15 bits per heavy atom. The van der Waals surface area contributed by atoms with Crippen LogP contribution in [0, 0.1) is 0 Å². The molecule has 1 aliphatic rings. The van der Waals surface area contributed by atoms with Crippen LogP contribution in [0.4, 0.5) is 11.6 Å². The molecule has 0 aliphatic carbocycles. The van der Waals surface area contributed by atoms with Crippen LogP contribution in [0.1, 0.15) is 10.4 Å². The molecule has 2 aromatic heterocycles. The number of aromatic amines is 1. The van der Waals surface area contributed by atoms with Crippen LogP contribution in [0.5, 0.6) is 0 Å². The molecule has 0 saturated carbocycles. The van der Waals surface area contributed by atoms with Crippen molar-refractivity contribution in [3.8, 4) is 0 Å². The molecule has 0 unspecified atom stereocenters. The van der Waals surface area contributed by atoms with Crippen LogP contribution in [-0.2, 0) is 4.74 Å². The lowest BCUT2D eigenvalue weighted by atomic mass is 10.2. The highest BCUT2D eigenvalue weighted by atomic mass is 16.5. The predicted octanol–water partition coefficient (Wildman–Crippen LogP) is 0.289. The summed E-state index contributed by atoms with van der Waals surface area (Å²) < 4.78 is 5.29. The van der Waals surface area contributed by atoms with Gasteiger partial charge in [-0.3, -0.25) is 4.79 Å². The van der Waals surface area contributed by atoms with Gasteiger partial charge in [0, 0.05) is 19.3 Å². The molecule has 1 saturated heterocycles. The third-order valence-electron chi connectivity index (χ3n) is 3.00. The number of amides is 1. The molecule has 0 spiro atoms. The van der Waals surface area contributed by atoms with Crippen molar-refractivity contribution in [3.05, 3.63) is 30.1 Å². The molecule has 2 aromatic rings. The van der Waals surface area contributed by atoms with Crippen molar-refractivity contribution in [2.45, 2.75) is 0 Å². The standard InChI is InChI=1S/C12H14N6O2/c19-12(15-10-8-14-17-16-10)9-1-2-11(13-7-9)18-3-5-20-6-4-18/h1-2,7-8H,3-6H2,(H2,14,15,16,17,19). The average molecular weight is 274 g/mol. The first-order valence-electron chi connectivity index (χ1n) is 6.29. The van der Waals surface area contributed by atoms with Crippen molar-refractivity contribution < 1.29 is 9.53 Å². The van der Waals surface area contributed by atoms with Crippen LogP contribution in [0.15, 0.2) is 24.5 Å². The van der Waals surface area contributed by atoms with Crippen LogP contribution in [0.3, 0.4) is 0 Å². The topological polar surface area (TPSA) is 96.0 Å². The summed E-state index contributed by atoms with van der Waals surface area (Å²) in [6, 6.07) is 3.58. The molecular formula is C12H14N6O2. The highest BCUT2D eigenvalue weighted by Crippen LogP contribution is 2.13. The van der Waals surface area contributed by atoms with Crippen LogP contribution >= 0.6 is 0 Å². The third-order valence-corrected chi connectivity index (χ3v) is 3.00. The number of hydrogen-bond acceptors (Lipinski definition) is 6. The molecule has 0 radical (unpaired) electrons. The summed E-state index contributed by atoms with van der Waals surface area (Å²) in [5, 5.41) is 12.4. The van der Waals surface area contributed by atoms with Gasteiger partial charge >= 0.3 is 0 Å². The maximum atomic E-state index is 11.9. The van der Waals surface area contributed by atoms with E-state index in [0.29, 0.717) is 24.6 Å². The summed E-state index contributed by atoms with van der Waals surface area (Å²) in [4.78, 5) is 18.4. The average Bonchev–Trinajstić information content (AvgIpc) is 3.01. The Kier molecular flexibility index (Phi) is 3.55. The Hall–Kier alpha value is -2.48. The van der Waals surface area contributed by atoms with Crippen molar-refractivity contribution in [1.29, 1.82) is 0 Å². The van der Waals surface area contributed by atoms with Crippen LogP contribution in [-0.4, -0.2) is 52.6 Å². The minimum absolute atomic E-state index is 0.264. The molecule has 1 amide bonds. The van der Waals surface area contributed by atoms with Gasteiger partial charge in [-0.25, -0.2) is 4.98 Å². The van der Waals surface area contributed by atoms with Crippen LogP contribution in [0.25, 0.3) is 0 Å². The number of aromatic nitrogens is 4. The lowest BCUT2D eigenvalue weighted by Gasteiger charge is -2.27. The number of carbonyl (C=O) groups is 1. The summed E-state index contributed by atoms with van der Waals surface area (Å²) in [5.41, 5.74) is 0.477. The van der Waals surface area contributed by atoms with Gasteiger partial charge in [0.15, 0.2) is 5.82 Å². The number of carbonyl (C=O) groups excluding carboxylic acids is 1. The second-order valence-electron chi connectivity index (χ2n) is 4.31. The lowest BCUT2D eigenvalue weighted by molar-refractivity contribution is 0.102. The fourth-order valence-corrected chi connectivity index (χ4v) is 1.95. The van der Waals surface area contributed by atoms with Gasteiger partial charge in [-0.15, -0.1) is 5.10 Å². The van der Waals surface area contributed by atoms with Crippen molar-refractivity contribution in [3.63, 3.8) is 0 Å². The normalized spacial score (nSPS) is 15.1. The Morgan fingerprint density at radius 1 is 1.30 bits per heavy atom. The van der Waals surface area contributed by atoms with Crippen molar-refractivity contribution >= 4 is 17.5 Å². The van der Waals surface area contributed by atoms with Crippen molar-refractivity contribution in [1.82, 2.24) is 20.4 Å². The van der Waals surface area contributed by atoms with Gasteiger partial charge in [0.1, 0.15) is 5.82 Å². The highest BCUT2D eigenvalue weighted by Gasteiger charge is 2.13. The molecule has 20 heavy (non-hydrogen) atoms. The van der Waals surface area contributed by atoms with E-state index in [1.165, 1.54) is 6.20 Å². The van der Waals surface area contributed by atoms with Gasteiger partial charge in [-0.2, -0.15) is 10.3 Å². The zero-order valence-electron chi connectivity index (χ0n) is 10.7. The Balaban J connectivity index is 1.67. The molecular weight excluding hydrogens is 260 g/mol. The first-order chi connectivity index (χ1) is 9.83. The van der Waals surface area contributed by atoms with Gasteiger partial charge in [-0.1, -0.05) is 0 Å². The fraction of sp³-hybridized carbons (Fsp3) is 0.333. The molecule has 2 N–H and O–H groups in total. The van der Waals surface area contributed by atoms with Crippen molar-refractivity contribution in [2.24, 2.45) is 0 Å². The third kappa shape index (κ3) is 2.75. The monoisotopic (exact) mass is 274 g/mol. The van der Waals surface area contributed by atoms with E-state index in [-0.39, 0.29) is 5.91 Å². The SMILES string of the molecule is O=C(Nc1cn[nH]n1)c1ccc(N2CCOCC2)nc1. The molecule has 8 nitrogen and oxygen atoms in total. The minimum atomic E-state index is -0.264. The van der Waals surface area contributed by atoms with E-state index in [9.17, 15) is 4.79 Å². The number of anilines is 2. The molecule has 1 aliphatic heterocycles. The van der Waals surface area contributed by atoms with Gasteiger partial charge in [-0.05, 0) is 12.1 Å². The summed E-state index contributed by atoms with van der Waals surface area (Å²) in [7, 11) is 0. The van der Waals surface area contributed by atoms with Crippen molar-refractivity contribution in [2.75, 3.05) is 36.5 Å². The van der Waals surface area contributed by atoms with E-state index in [1.807, 2.05) is 6.07 Å². The van der Waals surface area contributed by atoms with Gasteiger partial charge in [0.25, 0.3) is 5.91 Å². The number of H-pyrrole nitrogens is 1. The molecule has 3 heterocycles. The molecule has 8 heteroatoms. The smallest absolute Gasteiger partial charge is 0.258 e. The largest absolute Gasteiger partial charge is 0.378 e. The molecule has 104 valence electrons. The number of hydrogen-bond donors (Lipinski definition) is 2. The first-order valence-corrected chi connectivity index (χ1v) is 6.29. The second kappa shape index (κ2) is 5.66. The zero-order valence-corrected chi connectivity index (χ0v) is 10.7. The molecule has 3 rings (SSSR count). The molecule has 0 bridgehead atoms. The van der Waals surface area contributed by atoms with E-state index in [2.05, 4.69) is 30.6 Å². The number of nitrogens with zero attached hydrogens (tertiary/aromatic N) is 4. The summed E-state index contributed by atoms with van der Waals surface area (Å²) in [5.74, 6) is 0.971. The number of nitrogens with one attached hydrogen (secondary N) is 2. The summed E-state index contributed by atoms with van der Waals surface area (Å²) in [6.07, 6.45) is 2.99. The van der Waals surface area contributed by atoms with Gasteiger partial charge in [0.05, 0.1) is 25.0 Å². The number of pyridine rings is 1. The highest BCUT2D eigenvalue weighted by molar-refractivity contribution is 6.03. The van der Waals surface area contributed by atoms with Gasteiger partial charge in [0.2, 0.25) is 0 Å². The number of rotatable bonds is 3. The van der Waals surface area contributed by atoms with E-state index >= 15 is 0 Å².